The van der Waals surface area contributed by atoms with Crippen LogP contribution >= 0.6 is 23.4 Å². The fourth-order valence-electron chi connectivity index (χ4n) is 1.31. The van der Waals surface area contributed by atoms with E-state index in [1.54, 1.807) is 11.8 Å². The van der Waals surface area contributed by atoms with Crippen molar-refractivity contribution in [3.63, 3.8) is 0 Å². The SMILES string of the molecule is ClC(=Cc1ccccc1)Sc1ccccc1. The van der Waals surface area contributed by atoms with Crippen molar-refractivity contribution in [1.82, 2.24) is 0 Å². The number of rotatable bonds is 3. The molecule has 0 unspecified atom stereocenters. The monoisotopic (exact) mass is 246 g/mol. The van der Waals surface area contributed by atoms with Gasteiger partial charge in [-0.3, -0.25) is 0 Å². The highest BCUT2D eigenvalue weighted by Crippen LogP contribution is 2.30. The number of hydrogen-bond acceptors (Lipinski definition) is 1. The zero-order valence-corrected chi connectivity index (χ0v) is 10.2. The van der Waals surface area contributed by atoms with Crippen molar-refractivity contribution in [2.75, 3.05) is 0 Å². The van der Waals surface area contributed by atoms with E-state index in [1.165, 1.54) is 0 Å². The summed E-state index contributed by atoms with van der Waals surface area (Å²) in [5.41, 5.74) is 1.12. The molecule has 2 aromatic carbocycles. The number of benzene rings is 2. The van der Waals surface area contributed by atoms with Gasteiger partial charge in [-0.2, -0.15) is 0 Å². The summed E-state index contributed by atoms with van der Waals surface area (Å²) in [6.45, 7) is 0. The van der Waals surface area contributed by atoms with Crippen molar-refractivity contribution in [3.05, 3.63) is 70.6 Å². The predicted octanol–water partition coefficient (Wildman–Crippen LogP) is 5.02. The van der Waals surface area contributed by atoms with Gasteiger partial charge in [-0.05, 0) is 23.8 Å². The van der Waals surface area contributed by atoms with E-state index < -0.39 is 0 Å². The topological polar surface area (TPSA) is 0 Å². The van der Waals surface area contributed by atoms with Gasteiger partial charge in [-0.1, -0.05) is 71.9 Å². The smallest absolute Gasteiger partial charge is 0.0777 e. The second kappa shape index (κ2) is 5.78. The molecule has 0 atom stereocenters. The molecule has 0 heterocycles. The molecular weight excluding hydrogens is 236 g/mol. The Hall–Kier alpha value is -1.18. The number of halogens is 1. The molecule has 0 N–H and O–H groups in total. The van der Waals surface area contributed by atoms with Gasteiger partial charge in [0.05, 0.1) is 4.36 Å². The van der Waals surface area contributed by atoms with Gasteiger partial charge in [0.2, 0.25) is 0 Å². The lowest BCUT2D eigenvalue weighted by Gasteiger charge is -1.99. The molecule has 2 rings (SSSR count). The Balaban J connectivity index is 2.09. The Kier molecular flexibility index (Phi) is 4.09. The van der Waals surface area contributed by atoms with Gasteiger partial charge >= 0.3 is 0 Å². The lowest BCUT2D eigenvalue weighted by Crippen LogP contribution is -1.72. The maximum absolute atomic E-state index is 6.17. The van der Waals surface area contributed by atoms with E-state index in [2.05, 4.69) is 0 Å². The Morgan fingerprint density at radius 3 is 2.06 bits per heavy atom. The molecule has 0 aliphatic rings. The zero-order valence-electron chi connectivity index (χ0n) is 8.64. The van der Waals surface area contributed by atoms with E-state index in [9.17, 15) is 0 Å². The van der Waals surface area contributed by atoms with Crippen molar-refractivity contribution in [1.29, 1.82) is 0 Å². The first-order chi connectivity index (χ1) is 7.84. The molecule has 0 bridgehead atoms. The van der Waals surface area contributed by atoms with E-state index in [-0.39, 0.29) is 0 Å². The molecule has 0 aromatic heterocycles. The Morgan fingerprint density at radius 1 is 0.875 bits per heavy atom. The average molecular weight is 247 g/mol. The van der Waals surface area contributed by atoms with Gasteiger partial charge in [0.15, 0.2) is 0 Å². The minimum Gasteiger partial charge on any atom is -0.0777 e. The van der Waals surface area contributed by atoms with Crippen LogP contribution in [0.15, 0.2) is 69.9 Å². The second-order valence-corrected chi connectivity index (χ2v) is 5.02. The first-order valence-electron chi connectivity index (χ1n) is 5.00. The first kappa shape index (κ1) is 11.3. The first-order valence-corrected chi connectivity index (χ1v) is 6.19. The zero-order chi connectivity index (χ0) is 11.2. The summed E-state index contributed by atoms with van der Waals surface area (Å²) in [5.74, 6) is 0. The predicted molar refractivity (Wildman–Crippen MR) is 72.6 cm³/mol. The van der Waals surface area contributed by atoms with Crippen LogP contribution in [0.4, 0.5) is 0 Å². The van der Waals surface area contributed by atoms with E-state index in [1.807, 2.05) is 66.7 Å². The Morgan fingerprint density at radius 2 is 1.44 bits per heavy atom. The van der Waals surface area contributed by atoms with Gasteiger partial charge < -0.3 is 0 Å². The van der Waals surface area contributed by atoms with E-state index in [4.69, 9.17) is 11.6 Å². The molecule has 80 valence electrons. The van der Waals surface area contributed by atoms with Crippen LogP contribution in [-0.2, 0) is 0 Å². The molecule has 0 amide bonds. The van der Waals surface area contributed by atoms with Crippen LogP contribution < -0.4 is 0 Å². The van der Waals surface area contributed by atoms with Crippen molar-refractivity contribution in [2.24, 2.45) is 0 Å². The standard InChI is InChI=1S/C14H11ClS/c15-14(11-12-7-3-1-4-8-12)16-13-9-5-2-6-10-13/h1-11H. The quantitative estimate of drug-likeness (QED) is 0.686. The maximum Gasteiger partial charge on any atom is 0.0788 e. The van der Waals surface area contributed by atoms with Gasteiger partial charge in [-0.15, -0.1) is 0 Å². The van der Waals surface area contributed by atoms with Crippen molar-refractivity contribution < 1.29 is 0 Å². The van der Waals surface area contributed by atoms with Crippen LogP contribution in [0.1, 0.15) is 5.56 Å². The molecule has 0 radical (unpaired) electrons. The highest BCUT2D eigenvalue weighted by molar-refractivity contribution is 8.04. The third kappa shape index (κ3) is 3.44. The minimum absolute atomic E-state index is 0.775. The van der Waals surface area contributed by atoms with Crippen LogP contribution in [0.25, 0.3) is 6.08 Å². The molecule has 0 nitrogen and oxygen atoms in total. The molecule has 0 saturated carbocycles. The van der Waals surface area contributed by atoms with Crippen molar-refractivity contribution >= 4 is 29.4 Å². The molecule has 2 aromatic rings. The van der Waals surface area contributed by atoms with E-state index in [0.717, 1.165) is 14.8 Å². The van der Waals surface area contributed by atoms with Crippen LogP contribution in [0, 0.1) is 0 Å². The molecular formula is C14H11ClS. The van der Waals surface area contributed by atoms with Gasteiger partial charge in [0, 0.05) is 4.90 Å². The molecule has 0 saturated heterocycles. The summed E-state index contributed by atoms with van der Waals surface area (Å²) in [5, 5.41) is 0. The van der Waals surface area contributed by atoms with Crippen LogP contribution in [0.3, 0.4) is 0 Å². The highest BCUT2D eigenvalue weighted by Gasteiger charge is 1.96. The maximum atomic E-state index is 6.17. The third-order valence-corrected chi connectivity index (χ3v) is 3.20. The summed E-state index contributed by atoms with van der Waals surface area (Å²) in [6, 6.07) is 20.2. The molecule has 0 spiro atoms. The summed E-state index contributed by atoms with van der Waals surface area (Å²) in [6.07, 6.45) is 1.97. The van der Waals surface area contributed by atoms with E-state index in [0.29, 0.717) is 0 Å². The van der Waals surface area contributed by atoms with Crippen molar-refractivity contribution in [3.8, 4) is 0 Å². The molecule has 2 heteroatoms. The van der Waals surface area contributed by atoms with Gasteiger partial charge in [-0.25, -0.2) is 0 Å². The van der Waals surface area contributed by atoms with Gasteiger partial charge in [0.1, 0.15) is 0 Å². The fraction of sp³-hybridized carbons (Fsp3) is 0. The highest BCUT2D eigenvalue weighted by atomic mass is 35.5. The fourth-order valence-corrected chi connectivity index (χ4v) is 2.42. The summed E-state index contributed by atoms with van der Waals surface area (Å²) in [7, 11) is 0. The summed E-state index contributed by atoms with van der Waals surface area (Å²) in [4.78, 5) is 1.15. The molecule has 0 aliphatic heterocycles. The summed E-state index contributed by atoms with van der Waals surface area (Å²) >= 11 is 7.74. The lowest BCUT2D eigenvalue weighted by atomic mass is 10.2. The van der Waals surface area contributed by atoms with Crippen LogP contribution in [0.2, 0.25) is 0 Å². The third-order valence-electron chi connectivity index (χ3n) is 2.04. The van der Waals surface area contributed by atoms with Gasteiger partial charge in [0.25, 0.3) is 0 Å². The average Bonchev–Trinajstić information content (AvgIpc) is 2.31. The van der Waals surface area contributed by atoms with Crippen LogP contribution in [0.5, 0.6) is 0 Å². The number of hydrogen-bond donors (Lipinski definition) is 0. The molecule has 0 aliphatic carbocycles. The van der Waals surface area contributed by atoms with E-state index >= 15 is 0 Å². The van der Waals surface area contributed by atoms with Crippen molar-refractivity contribution in [2.45, 2.75) is 4.90 Å². The molecule has 0 fully saturated rings. The van der Waals surface area contributed by atoms with Crippen LogP contribution in [-0.4, -0.2) is 0 Å². The second-order valence-electron chi connectivity index (χ2n) is 3.27. The lowest BCUT2D eigenvalue weighted by molar-refractivity contribution is 1.47. The summed E-state index contributed by atoms with van der Waals surface area (Å²) < 4.78 is 0.775. The Bertz CT molecular complexity index is 463. The minimum atomic E-state index is 0.775. The Labute approximate surface area is 105 Å². The number of thioether (sulfide) groups is 1. The largest absolute Gasteiger partial charge is 0.0788 e. The molecule has 16 heavy (non-hydrogen) atoms. The normalized spacial score (nSPS) is 11.4.